The molecule has 0 aromatic heterocycles. The lowest BCUT2D eigenvalue weighted by molar-refractivity contribution is -0.147. The van der Waals surface area contributed by atoms with Crippen molar-refractivity contribution in [2.24, 2.45) is 11.8 Å². The number of hydrogen-bond acceptors (Lipinski definition) is 7. The first-order chi connectivity index (χ1) is 13.8. The van der Waals surface area contributed by atoms with Gasteiger partial charge in [-0.3, -0.25) is 9.59 Å². The Balaban J connectivity index is 1.87. The SMILES string of the molecule is CCOC(=O)c1cc(NC(=O)[C@H]2[C@H](C(=O)O)[C@H]3CC[C@H]2O3)cc(C(=O)OCC)c1. The Hall–Kier alpha value is -2.94. The maximum absolute atomic E-state index is 12.8. The molecule has 9 nitrogen and oxygen atoms in total. The molecule has 2 aliphatic rings. The zero-order valence-electron chi connectivity index (χ0n) is 16.2. The minimum absolute atomic E-state index is 0.0756. The third kappa shape index (κ3) is 4.24. The van der Waals surface area contributed by atoms with Crippen molar-refractivity contribution in [1.29, 1.82) is 0 Å². The molecule has 0 radical (unpaired) electrons. The van der Waals surface area contributed by atoms with E-state index in [2.05, 4.69) is 5.32 Å². The van der Waals surface area contributed by atoms with E-state index in [1.165, 1.54) is 18.2 Å². The van der Waals surface area contributed by atoms with Gasteiger partial charge in [0.1, 0.15) is 0 Å². The summed E-state index contributed by atoms with van der Waals surface area (Å²) in [6.45, 7) is 3.59. The minimum Gasteiger partial charge on any atom is -0.481 e. The van der Waals surface area contributed by atoms with Gasteiger partial charge in [-0.15, -0.1) is 0 Å². The van der Waals surface area contributed by atoms with Crippen molar-refractivity contribution in [3.05, 3.63) is 29.3 Å². The summed E-state index contributed by atoms with van der Waals surface area (Å²) in [4.78, 5) is 48.7. The van der Waals surface area contributed by atoms with E-state index in [-0.39, 0.29) is 30.0 Å². The van der Waals surface area contributed by atoms with E-state index in [0.717, 1.165) is 0 Å². The fourth-order valence-electron chi connectivity index (χ4n) is 3.91. The molecule has 156 valence electrons. The number of nitrogens with one attached hydrogen (secondary N) is 1. The highest BCUT2D eigenvalue weighted by Gasteiger charge is 2.55. The Labute approximate surface area is 167 Å². The third-order valence-electron chi connectivity index (χ3n) is 5.08. The van der Waals surface area contributed by atoms with Crippen LogP contribution < -0.4 is 5.32 Å². The molecular formula is C20H23NO8. The molecule has 4 atom stereocenters. The van der Waals surface area contributed by atoms with Crippen LogP contribution in [0, 0.1) is 11.8 Å². The molecule has 2 saturated heterocycles. The standard InChI is InChI=1S/C20H23NO8/c1-3-27-19(25)10-7-11(20(26)28-4-2)9-12(8-10)21-17(22)15-13-5-6-14(29-13)16(15)18(23)24/h7-9,13-16H,3-6H2,1-2H3,(H,21,22)(H,23,24)/t13-,14-,15-,16-/m1/s1. The summed E-state index contributed by atoms with van der Waals surface area (Å²) in [7, 11) is 0. The number of carbonyl (C=O) groups excluding carboxylic acids is 3. The highest BCUT2D eigenvalue weighted by atomic mass is 16.5. The summed E-state index contributed by atoms with van der Waals surface area (Å²) in [5.41, 5.74) is 0.328. The fraction of sp³-hybridized carbons (Fsp3) is 0.500. The van der Waals surface area contributed by atoms with Gasteiger partial charge in [0.2, 0.25) is 5.91 Å². The second-order valence-corrected chi connectivity index (χ2v) is 6.91. The van der Waals surface area contributed by atoms with Crippen molar-refractivity contribution in [2.45, 2.75) is 38.9 Å². The predicted octanol–water partition coefficient (Wildman–Crippen LogP) is 1.86. The number of carbonyl (C=O) groups is 4. The molecular weight excluding hydrogens is 382 g/mol. The highest BCUT2D eigenvalue weighted by molar-refractivity contribution is 6.01. The Morgan fingerprint density at radius 1 is 0.966 bits per heavy atom. The molecule has 0 unspecified atom stereocenters. The number of hydrogen-bond donors (Lipinski definition) is 2. The molecule has 1 aromatic carbocycles. The Morgan fingerprint density at radius 2 is 1.48 bits per heavy atom. The molecule has 2 aliphatic heterocycles. The number of benzene rings is 1. The van der Waals surface area contributed by atoms with Gasteiger partial charge in [-0.25, -0.2) is 9.59 Å². The van der Waals surface area contributed by atoms with Gasteiger partial charge in [0.15, 0.2) is 0 Å². The molecule has 3 rings (SSSR count). The Morgan fingerprint density at radius 3 is 1.97 bits per heavy atom. The van der Waals surface area contributed by atoms with Crippen LogP contribution in [0.5, 0.6) is 0 Å². The first-order valence-corrected chi connectivity index (χ1v) is 9.54. The number of carboxylic acid groups (broad SMARTS) is 1. The fourth-order valence-corrected chi connectivity index (χ4v) is 3.91. The van der Waals surface area contributed by atoms with E-state index in [0.29, 0.717) is 12.8 Å². The van der Waals surface area contributed by atoms with Crippen LogP contribution in [0.15, 0.2) is 18.2 Å². The van der Waals surface area contributed by atoms with E-state index in [9.17, 15) is 24.3 Å². The summed E-state index contributed by atoms with van der Waals surface area (Å²) >= 11 is 0. The summed E-state index contributed by atoms with van der Waals surface area (Å²) in [6, 6.07) is 4.08. The number of esters is 2. The summed E-state index contributed by atoms with van der Waals surface area (Å²) < 4.78 is 15.6. The highest BCUT2D eigenvalue weighted by Crippen LogP contribution is 2.44. The monoisotopic (exact) mass is 405 g/mol. The van der Waals surface area contributed by atoms with Crippen molar-refractivity contribution in [1.82, 2.24) is 0 Å². The number of amides is 1. The van der Waals surface area contributed by atoms with Crippen molar-refractivity contribution >= 4 is 29.5 Å². The summed E-state index contributed by atoms with van der Waals surface area (Å²) in [5, 5.41) is 12.1. The van der Waals surface area contributed by atoms with Crippen LogP contribution in [0.25, 0.3) is 0 Å². The summed E-state index contributed by atoms with van der Waals surface area (Å²) in [6.07, 6.45) is 0.285. The molecule has 0 spiro atoms. The normalized spacial score (nSPS) is 24.8. The van der Waals surface area contributed by atoms with Crippen LogP contribution in [-0.2, 0) is 23.8 Å². The van der Waals surface area contributed by atoms with Gasteiger partial charge in [0.25, 0.3) is 0 Å². The molecule has 1 aromatic rings. The summed E-state index contributed by atoms with van der Waals surface area (Å²) in [5.74, 6) is -4.68. The van der Waals surface area contributed by atoms with Crippen LogP contribution in [0.2, 0.25) is 0 Å². The van der Waals surface area contributed by atoms with Crippen LogP contribution in [0.3, 0.4) is 0 Å². The zero-order valence-corrected chi connectivity index (χ0v) is 16.2. The maximum Gasteiger partial charge on any atom is 0.338 e. The van der Waals surface area contributed by atoms with Gasteiger partial charge >= 0.3 is 17.9 Å². The lowest BCUT2D eigenvalue weighted by atomic mass is 9.78. The molecule has 2 N–H and O–H groups in total. The van der Waals surface area contributed by atoms with Crippen LogP contribution >= 0.6 is 0 Å². The molecule has 2 bridgehead atoms. The van der Waals surface area contributed by atoms with Gasteiger partial charge < -0.3 is 24.6 Å². The van der Waals surface area contributed by atoms with Crippen molar-refractivity contribution in [3.63, 3.8) is 0 Å². The van der Waals surface area contributed by atoms with E-state index < -0.39 is 47.9 Å². The Kier molecular flexibility index (Phi) is 6.17. The second-order valence-electron chi connectivity index (χ2n) is 6.91. The number of anilines is 1. The van der Waals surface area contributed by atoms with Crippen molar-refractivity contribution in [2.75, 3.05) is 18.5 Å². The quantitative estimate of drug-likeness (QED) is 0.658. The largest absolute Gasteiger partial charge is 0.481 e. The van der Waals surface area contributed by atoms with Crippen molar-refractivity contribution < 1.29 is 38.5 Å². The number of carboxylic acids is 1. The van der Waals surface area contributed by atoms with Crippen LogP contribution in [-0.4, -0.2) is 54.3 Å². The number of rotatable bonds is 7. The number of aliphatic carboxylic acids is 1. The first kappa shape index (κ1) is 20.8. The van der Waals surface area contributed by atoms with E-state index in [1.807, 2.05) is 0 Å². The van der Waals surface area contributed by atoms with Crippen LogP contribution in [0.4, 0.5) is 5.69 Å². The smallest absolute Gasteiger partial charge is 0.338 e. The van der Waals surface area contributed by atoms with Gasteiger partial charge in [-0.05, 0) is 44.9 Å². The van der Waals surface area contributed by atoms with E-state index in [1.54, 1.807) is 13.8 Å². The van der Waals surface area contributed by atoms with Gasteiger partial charge in [0.05, 0.1) is 48.4 Å². The van der Waals surface area contributed by atoms with Crippen LogP contribution in [0.1, 0.15) is 47.4 Å². The predicted molar refractivity (Wildman–Crippen MR) is 99.5 cm³/mol. The maximum atomic E-state index is 12.8. The van der Waals surface area contributed by atoms with Crippen molar-refractivity contribution in [3.8, 4) is 0 Å². The number of ether oxygens (including phenoxy) is 3. The molecule has 2 heterocycles. The number of fused-ring (bicyclic) bond motifs is 2. The van der Waals surface area contributed by atoms with Gasteiger partial charge in [-0.2, -0.15) is 0 Å². The van der Waals surface area contributed by atoms with E-state index in [4.69, 9.17) is 14.2 Å². The average Bonchev–Trinajstić information content (AvgIpc) is 3.29. The topological polar surface area (TPSA) is 128 Å². The van der Waals surface area contributed by atoms with E-state index >= 15 is 0 Å². The lowest BCUT2D eigenvalue weighted by Crippen LogP contribution is -2.41. The molecule has 2 fully saturated rings. The molecule has 9 heteroatoms. The molecule has 29 heavy (non-hydrogen) atoms. The van der Waals surface area contributed by atoms with Gasteiger partial charge in [0, 0.05) is 5.69 Å². The minimum atomic E-state index is -1.08. The third-order valence-corrected chi connectivity index (χ3v) is 5.08. The first-order valence-electron chi connectivity index (χ1n) is 9.54. The Bertz CT molecular complexity index is 800. The second kappa shape index (κ2) is 8.60. The average molecular weight is 405 g/mol. The molecule has 1 amide bonds. The zero-order chi connectivity index (χ0) is 21.1. The lowest BCUT2D eigenvalue weighted by Gasteiger charge is -2.24. The molecule has 0 aliphatic carbocycles. The van der Waals surface area contributed by atoms with Gasteiger partial charge in [-0.1, -0.05) is 0 Å². The molecule has 0 saturated carbocycles.